The molecule has 29 heavy (non-hydrogen) atoms. The van der Waals surface area contributed by atoms with Crippen molar-refractivity contribution in [1.82, 2.24) is 20.1 Å². The van der Waals surface area contributed by atoms with Gasteiger partial charge in [-0.05, 0) is 36.2 Å². The molecule has 0 atom stereocenters. The lowest BCUT2D eigenvalue weighted by molar-refractivity contribution is -0.154. The molecule has 8 nitrogen and oxygen atoms in total. The van der Waals surface area contributed by atoms with Gasteiger partial charge in [0.25, 0.3) is 5.91 Å². The first-order valence-electron chi connectivity index (χ1n) is 9.62. The van der Waals surface area contributed by atoms with Crippen molar-refractivity contribution in [1.29, 1.82) is 0 Å². The van der Waals surface area contributed by atoms with Crippen LogP contribution in [0.1, 0.15) is 16.1 Å². The van der Waals surface area contributed by atoms with Crippen LogP contribution in [0.4, 0.5) is 0 Å². The summed E-state index contributed by atoms with van der Waals surface area (Å²) in [6.45, 7) is 1.63. The number of ether oxygens (including phenoxy) is 1. The van der Waals surface area contributed by atoms with Crippen LogP contribution >= 0.6 is 0 Å². The maximum atomic E-state index is 13.4. The molecule has 2 N–H and O–H groups in total. The zero-order chi connectivity index (χ0) is 20.4. The molecule has 2 saturated heterocycles. The molecule has 2 aromatic rings. The first kappa shape index (κ1) is 19.0. The predicted molar refractivity (Wildman–Crippen MR) is 105 cm³/mol. The summed E-state index contributed by atoms with van der Waals surface area (Å²) in [4.78, 5) is 44.1. The van der Waals surface area contributed by atoms with Crippen molar-refractivity contribution in [3.05, 3.63) is 53.9 Å². The standard InChI is InChI=1S/C21H24N4O4/c1-29-16-5-2-4-15(10-16)11-21(20(28)24-9-8-23-18(26)12-24)13-25(14-21)19(27)17-6-3-7-22-17/h2-7,10,22H,8-9,11-14H2,1H3,(H,23,26). The van der Waals surface area contributed by atoms with Crippen LogP contribution in [-0.4, -0.2) is 72.3 Å². The summed E-state index contributed by atoms with van der Waals surface area (Å²) in [6.07, 6.45) is 2.18. The summed E-state index contributed by atoms with van der Waals surface area (Å²) in [5, 5.41) is 2.75. The van der Waals surface area contributed by atoms with Gasteiger partial charge in [-0.1, -0.05) is 12.1 Å². The molecule has 2 fully saturated rings. The normalized spacial score (nSPS) is 18.0. The number of nitrogens with one attached hydrogen (secondary N) is 2. The fourth-order valence-corrected chi connectivity index (χ4v) is 4.10. The van der Waals surface area contributed by atoms with Crippen molar-refractivity contribution in [3.63, 3.8) is 0 Å². The maximum Gasteiger partial charge on any atom is 0.270 e. The van der Waals surface area contributed by atoms with Gasteiger partial charge >= 0.3 is 0 Å². The summed E-state index contributed by atoms with van der Waals surface area (Å²) in [5.41, 5.74) is 0.725. The quantitative estimate of drug-likeness (QED) is 0.777. The topological polar surface area (TPSA) is 94.7 Å². The molecule has 0 radical (unpaired) electrons. The fourth-order valence-electron chi connectivity index (χ4n) is 4.10. The van der Waals surface area contributed by atoms with Gasteiger partial charge in [-0.25, -0.2) is 0 Å². The number of carbonyl (C=O) groups is 3. The first-order valence-corrected chi connectivity index (χ1v) is 9.62. The Bertz CT molecular complexity index is 919. The molecule has 0 unspecified atom stereocenters. The van der Waals surface area contributed by atoms with E-state index in [1.807, 2.05) is 24.3 Å². The van der Waals surface area contributed by atoms with E-state index in [0.29, 0.717) is 38.3 Å². The van der Waals surface area contributed by atoms with Gasteiger partial charge in [0.1, 0.15) is 11.4 Å². The molecule has 3 amide bonds. The number of benzene rings is 1. The highest BCUT2D eigenvalue weighted by Gasteiger charge is 2.53. The van der Waals surface area contributed by atoms with Crippen molar-refractivity contribution in [2.24, 2.45) is 5.41 Å². The van der Waals surface area contributed by atoms with Gasteiger partial charge in [0.05, 0.1) is 19.1 Å². The van der Waals surface area contributed by atoms with Gasteiger partial charge in [-0.2, -0.15) is 0 Å². The third kappa shape index (κ3) is 3.70. The highest BCUT2D eigenvalue weighted by Crippen LogP contribution is 2.38. The van der Waals surface area contributed by atoms with E-state index >= 15 is 0 Å². The van der Waals surface area contributed by atoms with Gasteiger partial charge in [-0.3, -0.25) is 14.4 Å². The molecule has 8 heteroatoms. The number of rotatable bonds is 5. The van der Waals surface area contributed by atoms with E-state index in [-0.39, 0.29) is 24.3 Å². The molecule has 1 aromatic heterocycles. The first-order chi connectivity index (χ1) is 14.0. The number of hydrogen-bond donors (Lipinski definition) is 2. The predicted octanol–water partition coefficient (Wildman–Crippen LogP) is 0.667. The Kier molecular flexibility index (Phi) is 5.00. The number of carbonyl (C=O) groups excluding carboxylic acids is 3. The van der Waals surface area contributed by atoms with Crippen molar-refractivity contribution >= 4 is 17.7 Å². The van der Waals surface area contributed by atoms with Gasteiger partial charge in [0.15, 0.2) is 0 Å². The summed E-state index contributed by atoms with van der Waals surface area (Å²) < 4.78 is 5.30. The molecular weight excluding hydrogens is 372 g/mol. The molecule has 152 valence electrons. The van der Waals surface area contributed by atoms with Crippen molar-refractivity contribution in [2.45, 2.75) is 6.42 Å². The SMILES string of the molecule is COc1cccc(CC2(C(=O)N3CCNC(=O)C3)CN(C(=O)c3ccc[nH]3)C2)c1. The van der Waals surface area contributed by atoms with Crippen LogP contribution in [0.2, 0.25) is 0 Å². The number of piperazine rings is 1. The molecule has 3 heterocycles. The monoisotopic (exact) mass is 396 g/mol. The minimum Gasteiger partial charge on any atom is -0.497 e. The van der Waals surface area contributed by atoms with Crippen molar-refractivity contribution < 1.29 is 19.1 Å². The Balaban J connectivity index is 1.56. The zero-order valence-corrected chi connectivity index (χ0v) is 16.3. The lowest BCUT2D eigenvalue weighted by Gasteiger charge is -2.51. The Morgan fingerprint density at radius 3 is 2.69 bits per heavy atom. The number of amides is 3. The molecule has 0 aliphatic carbocycles. The van der Waals surface area contributed by atoms with Gasteiger partial charge < -0.3 is 24.8 Å². The van der Waals surface area contributed by atoms with Crippen LogP contribution in [0.5, 0.6) is 5.75 Å². The number of methoxy groups -OCH3 is 1. The van der Waals surface area contributed by atoms with Crippen LogP contribution < -0.4 is 10.1 Å². The highest BCUT2D eigenvalue weighted by atomic mass is 16.5. The maximum absolute atomic E-state index is 13.4. The number of nitrogens with zero attached hydrogens (tertiary/aromatic N) is 2. The fraction of sp³-hybridized carbons (Fsp3) is 0.381. The summed E-state index contributed by atoms with van der Waals surface area (Å²) in [7, 11) is 1.60. The van der Waals surface area contributed by atoms with E-state index < -0.39 is 5.41 Å². The van der Waals surface area contributed by atoms with E-state index in [9.17, 15) is 14.4 Å². The largest absolute Gasteiger partial charge is 0.497 e. The number of H-pyrrole nitrogens is 1. The lowest BCUT2D eigenvalue weighted by atomic mass is 9.73. The van der Waals surface area contributed by atoms with E-state index in [4.69, 9.17) is 4.74 Å². The van der Waals surface area contributed by atoms with Crippen molar-refractivity contribution in [3.8, 4) is 5.75 Å². The third-order valence-corrected chi connectivity index (χ3v) is 5.56. The lowest BCUT2D eigenvalue weighted by Crippen LogP contribution is -2.67. The average molecular weight is 396 g/mol. The van der Waals surface area contributed by atoms with Crippen LogP contribution in [0.25, 0.3) is 0 Å². The minimum atomic E-state index is -0.744. The van der Waals surface area contributed by atoms with E-state index in [2.05, 4.69) is 10.3 Å². The van der Waals surface area contributed by atoms with Gasteiger partial charge in [0, 0.05) is 32.4 Å². The Morgan fingerprint density at radius 2 is 2.00 bits per heavy atom. The number of likely N-dealkylation sites (tertiary alicyclic amines) is 1. The minimum absolute atomic E-state index is 0.0588. The second kappa shape index (κ2) is 7.62. The molecule has 0 spiro atoms. The molecule has 2 aliphatic rings. The molecule has 1 aromatic carbocycles. The molecule has 0 saturated carbocycles. The van der Waals surface area contributed by atoms with Crippen LogP contribution in [0.3, 0.4) is 0 Å². The van der Waals surface area contributed by atoms with Crippen LogP contribution in [-0.2, 0) is 16.0 Å². The van der Waals surface area contributed by atoms with E-state index in [1.54, 1.807) is 35.2 Å². The second-order valence-electron chi connectivity index (χ2n) is 7.63. The number of hydrogen-bond acceptors (Lipinski definition) is 4. The van der Waals surface area contributed by atoms with E-state index in [1.165, 1.54) is 0 Å². The number of aromatic amines is 1. The Morgan fingerprint density at radius 1 is 1.17 bits per heavy atom. The summed E-state index contributed by atoms with van der Waals surface area (Å²) in [6, 6.07) is 11.1. The van der Waals surface area contributed by atoms with E-state index in [0.717, 1.165) is 11.3 Å². The Hall–Kier alpha value is -3.29. The second-order valence-corrected chi connectivity index (χ2v) is 7.63. The zero-order valence-electron chi connectivity index (χ0n) is 16.3. The van der Waals surface area contributed by atoms with Gasteiger partial charge in [0.2, 0.25) is 11.8 Å². The molecular formula is C21H24N4O4. The molecule has 0 bridgehead atoms. The average Bonchev–Trinajstić information content (AvgIpc) is 3.24. The molecule has 2 aliphatic heterocycles. The Labute approximate surface area is 168 Å². The molecule has 4 rings (SSSR count). The third-order valence-electron chi connectivity index (χ3n) is 5.56. The number of aromatic nitrogens is 1. The summed E-state index contributed by atoms with van der Waals surface area (Å²) in [5.74, 6) is 0.368. The van der Waals surface area contributed by atoms with Crippen LogP contribution in [0, 0.1) is 5.41 Å². The van der Waals surface area contributed by atoms with Crippen molar-refractivity contribution in [2.75, 3.05) is 39.8 Å². The van der Waals surface area contributed by atoms with Crippen LogP contribution in [0.15, 0.2) is 42.6 Å². The van der Waals surface area contributed by atoms with Gasteiger partial charge in [-0.15, -0.1) is 0 Å². The smallest absolute Gasteiger partial charge is 0.270 e. The summed E-state index contributed by atoms with van der Waals surface area (Å²) >= 11 is 0. The highest BCUT2D eigenvalue weighted by molar-refractivity contribution is 5.96.